The van der Waals surface area contributed by atoms with Crippen molar-refractivity contribution in [1.29, 1.82) is 0 Å². The van der Waals surface area contributed by atoms with Gasteiger partial charge in [-0.15, -0.1) is 0 Å². The lowest BCUT2D eigenvalue weighted by molar-refractivity contribution is -0.147. The molecular weight excluding hydrogens is 260 g/mol. The largest absolute Gasteiger partial charge is 0.481 e. The SMILES string of the molecule is COC(=O)C1=C[C@@H]2[C@H](O1)[C@]2(C(=O)OC)c1ccccc1. The first-order valence-corrected chi connectivity index (χ1v) is 6.27. The normalized spacial score (nSPS) is 29.8. The summed E-state index contributed by atoms with van der Waals surface area (Å²) in [5.74, 6) is -0.896. The fraction of sp³-hybridized carbons (Fsp3) is 0.333. The molecule has 1 aromatic carbocycles. The molecule has 1 saturated carbocycles. The third kappa shape index (κ3) is 1.49. The predicted molar refractivity (Wildman–Crippen MR) is 68.6 cm³/mol. The summed E-state index contributed by atoms with van der Waals surface area (Å²) in [6.07, 6.45) is 1.26. The number of hydrogen-bond acceptors (Lipinski definition) is 5. The van der Waals surface area contributed by atoms with E-state index in [-0.39, 0.29) is 17.6 Å². The van der Waals surface area contributed by atoms with Crippen LogP contribution >= 0.6 is 0 Å². The summed E-state index contributed by atoms with van der Waals surface area (Å²) < 4.78 is 15.1. The van der Waals surface area contributed by atoms with Crippen molar-refractivity contribution >= 4 is 11.9 Å². The zero-order chi connectivity index (χ0) is 14.3. The number of carbonyl (C=O) groups is 2. The quantitative estimate of drug-likeness (QED) is 0.775. The van der Waals surface area contributed by atoms with Gasteiger partial charge in [0.25, 0.3) is 0 Å². The van der Waals surface area contributed by atoms with Crippen molar-refractivity contribution in [3.05, 3.63) is 47.7 Å². The van der Waals surface area contributed by atoms with E-state index >= 15 is 0 Å². The number of rotatable bonds is 3. The maximum atomic E-state index is 12.2. The van der Waals surface area contributed by atoms with Gasteiger partial charge in [-0.05, 0) is 11.6 Å². The maximum absolute atomic E-state index is 12.2. The average Bonchev–Trinajstić information content (AvgIpc) is 2.90. The fourth-order valence-electron chi connectivity index (χ4n) is 2.93. The Balaban J connectivity index is 1.97. The van der Waals surface area contributed by atoms with Crippen LogP contribution in [0.15, 0.2) is 42.2 Å². The number of fused-ring (bicyclic) bond motifs is 1. The summed E-state index contributed by atoms with van der Waals surface area (Å²) in [4.78, 5) is 23.6. The van der Waals surface area contributed by atoms with E-state index in [4.69, 9.17) is 9.47 Å². The molecule has 1 aromatic rings. The second kappa shape index (κ2) is 4.37. The molecule has 0 bridgehead atoms. The molecule has 0 radical (unpaired) electrons. The number of esters is 2. The third-order valence-electron chi connectivity index (χ3n) is 3.94. The van der Waals surface area contributed by atoms with Crippen molar-refractivity contribution in [3.8, 4) is 0 Å². The van der Waals surface area contributed by atoms with Crippen LogP contribution in [0.3, 0.4) is 0 Å². The molecular formula is C15H14O5. The van der Waals surface area contributed by atoms with Crippen LogP contribution in [0.1, 0.15) is 5.56 Å². The first kappa shape index (κ1) is 12.7. The molecule has 1 fully saturated rings. The van der Waals surface area contributed by atoms with Crippen LogP contribution in [-0.2, 0) is 29.2 Å². The van der Waals surface area contributed by atoms with Crippen molar-refractivity contribution in [1.82, 2.24) is 0 Å². The summed E-state index contributed by atoms with van der Waals surface area (Å²) in [6, 6.07) is 9.33. The number of hydrogen-bond donors (Lipinski definition) is 0. The maximum Gasteiger partial charge on any atom is 0.372 e. The Morgan fingerprint density at radius 3 is 2.35 bits per heavy atom. The molecule has 20 heavy (non-hydrogen) atoms. The molecule has 0 spiro atoms. The second-order valence-corrected chi connectivity index (χ2v) is 4.81. The van der Waals surface area contributed by atoms with E-state index in [1.807, 2.05) is 30.3 Å². The van der Waals surface area contributed by atoms with Gasteiger partial charge in [-0.2, -0.15) is 0 Å². The van der Waals surface area contributed by atoms with Crippen LogP contribution in [0, 0.1) is 5.92 Å². The minimum absolute atomic E-state index is 0.165. The van der Waals surface area contributed by atoms with Crippen LogP contribution in [0.5, 0.6) is 0 Å². The standard InChI is InChI=1S/C15H14O5/c1-18-13(16)11-8-10-12(20-11)15(10,14(17)19-2)9-6-4-3-5-7-9/h3-8,10,12H,1-2H3/t10-,12+,15+/m1/s1. The highest BCUT2D eigenvalue weighted by atomic mass is 16.6. The van der Waals surface area contributed by atoms with E-state index in [0.29, 0.717) is 0 Å². The molecule has 0 unspecified atom stereocenters. The van der Waals surface area contributed by atoms with E-state index in [1.165, 1.54) is 14.2 Å². The summed E-state index contributed by atoms with van der Waals surface area (Å²) in [7, 11) is 2.65. The zero-order valence-electron chi connectivity index (χ0n) is 11.2. The van der Waals surface area contributed by atoms with Crippen molar-refractivity contribution in [3.63, 3.8) is 0 Å². The minimum Gasteiger partial charge on any atom is -0.481 e. The van der Waals surface area contributed by atoms with Crippen molar-refractivity contribution in [2.24, 2.45) is 5.92 Å². The molecule has 1 aliphatic heterocycles. The minimum atomic E-state index is -0.840. The van der Waals surface area contributed by atoms with Crippen LogP contribution in [0.4, 0.5) is 0 Å². The Morgan fingerprint density at radius 2 is 1.85 bits per heavy atom. The van der Waals surface area contributed by atoms with E-state index in [0.717, 1.165) is 5.56 Å². The molecule has 0 aromatic heterocycles. The van der Waals surface area contributed by atoms with Gasteiger partial charge < -0.3 is 14.2 Å². The van der Waals surface area contributed by atoms with Gasteiger partial charge in [0.2, 0.25) is 5.76 Å². The highest BCUT2D eigenvalue weighted by Gasteiger charge is 2.75. The first-order valence-electron chi connectivity index (χ1n) is 6.27. The van der Waals surface area contributed by atoms with Gasteiger partial charge >= 0.3 is 11.9 Å². The molecule has 0 amide bonds. The van der Waals surface area contributed by atoms with Gasteiger partial charge in [-0.25, -0.2) is 4.79 Å². The van der Waals surface area contributed by atoms with Crippen LogP contribution < -0.4 is 0 Å². The van der Waals surface area contributed by atoms with E-state index in [1.54, 1.807) is 6.08 Å². The Kier molecular flexibility index (Phi) is 2.78. The summed E-state index contributed by atoms with van der Waals surface area (Å²) in [5.41, 5.74) is -0.00455. The number of carbonyl (C=O) groups excluding carboxylic acids is 2. The molecule has 3 rings (SSSR count). The smallest absolute Gasteiger partial charge is 0.372 e. The molecule has 1 aliphatic carbocycles. The number of methoxy groups -OCH3 is 2. The van der Waals surface area contributed by atoms with Crippen LogP contribution in [-0.4, -0.2) is 32.3 Å². The Morgan fingerprint density at radius 1 is 1.15 bits per heavy atom. The van der Waals surface area contributed by atoms with Crippen LogP contribution in [0.25, 0.3) is 0 Å². The van der Waals surface area contributed by atoms with E-state index < -0.39 is 17.5 Å². The summed E-state index contributed by atoms with van der Waals surface area (Å²) in [5, 5.41) is 0. The van der Waals surface area contributed by atoms with Crippen molar-refractivity contribution in [2.45, 2.75) is 11.5 Å². The van der Waals surface area contributed by atoms with Gasteiger partial charge in [-0.1, -0.05) is 30.3 Å². The highest BCUT2D eigenvalue weighted by Crippen LogP contribution is 2.61. The fourth-order valence-corrected chi connectivity index (χ4v) is 2.93. The topological polar surface area (TPSA) is 61.8 Å². The van der Waals surface area contributed by atoms with Gasteiger partial charge in [0.1, 0.15) is 11.5 Å². The number of ether oxygens (including phenoxy) is 3. The molecule has 5 heteroatoms. The van der Waals surface area contributed by atoms with Gasteiger partial charge in [-0.3, -0.25) is 4.79 Å². The predicted octanol–water partition coefficient (Wildman–Crippen LogP) is 1.18. The Bertz CT molecular complexity index is 592. The monoisotopic (exact) mass is 274 g/mol. The molecule has 3 atom stereocenters. The van der Waals surface area contributed by atoms with Crippen molar-refractivity contribution < 1.29 is 23.8 Å². The molecule has 1 heterocycles. The third-order valence-corrected chi connectivity index (χ3v) is 3.94. The van der Waals surface area contributed by atoms with Crippen molar-refractivity contribution in [2.75, 3.05) is 14.2 Å². The molecule has 104 valence electrons. The lowest BCUT2D eigenvalue weighted by atomic mass is 9.92. The first-order chi connectivity index (χ1) is 9.66. The lowest BCUT2D eigenvalue weighted by Crippen LogP contribution is -2.29. The Hall–Kier alpha value is -2.30. The summed E-state index contributed by atoms with van der Waals surface area (Å²) in [6.45, 7) is 0. The van der Waals surface area contributed by atoms with E-state index in [2.05, 4.69) is 4.74 Å². The molecule has 0 saturated heterocycles. The lowest BCUT2D eigenvalue weighted by Gasteiger charge is -2.18. The Labute approximate surface area is 116 Å². The molecule has 5 nitrogen and oxygen atoms in total. The van der Waals surface area contributed by atoms with Gasteiger partial charge in [0.05, 0.1) is 14.2 Å². The zero-order valence-corrected chi connectivity index (χ0v) is 11.2. The highest BCUT2D eigenvalue weighted by molar-refractivity contribution is 5.93. The average molecular weight is 274 g/mol. The van der Waals surface area contributed by atoms with Gasteiger partial charge in [0, 0.05) is 5.92 Å². The van der Waals surface area contributed by atoms with E-state index in [9.17, 15) is 9.59 Å². The van der Waals surface area contributed by atoms with Crippen LogP contribution in [0.2, 0.25) is 0 Å². The second-order valence-electron chi connectivity index (χ2n) is 4.81. The molecule has 2 aliphatic rings. The molecule has 0 N–H and O–H groups in total. The van der Waals surface area contributed by atoms with Gasteiger partial charge in [0.15, 0.2) is 0 Å². The number of benzene rings is 1. The summed E-state index contributed by atoms with van der Waals surface area (Å²) >= 11 is 0.